The minimum Gasteiger partial charge on any atom is -0.496 e. The molecule has 1 amide bonds. The Balaban J connectivity index is 2.36. The van der Waals surface area contributed by atoms with Crippen molar-refractivity contribution in [2.75, 3.05) is 20.2 Å². The second-order valence-electron chi connectivity index (χ2n) is 6.45. The SMILES string of the molecule is CCC(NC(=O)c1cc(S(=O)(=O)N2CCCCCC2)ccc1OC)C(=O)O. The molecule has 1 unspecified atom stereocenters. The average molecular weight is 398 g/mol. The van der Waals surface area contributed by atoms with Gasteiger partial charge in [0.2, 0.25) is 10.0 Å². The summed E-state index contributed by atoms with van der Waals surface area (Å²) in [5, 5.41) is 11.5. The molecule has 8 nitrogen and oxygen atoms in total. The van der Waals surface area contributed by atoms with Crippen LogP contribution in [0.3, 0.4) is 0 Å². The van der Waals surface area contributed by atoms with E-state index in [1.165, 1.54) is 29.6 Å². The molecule has 27 heavy (non-hydrogen) atoms. The molecule has 0 radical (unpaired) electrons. The molecule has 1 aliphatic heterocycles. The Hall–Kier alpha value is -2.13. The lowest BCUT2D eigenvalue weighted by atomic mass is 10.1. The zero-order valence-electron chi connectivity index (χ0n) is 15.6. The van der Waals surface area contributed by atoms with E-state index in [-0.39, 0.29) is 22.6 Å². The fourth-order valence-corrected chi connectivity index (χ4v) is 4.57. The van der Waals surface area contributed by atoms with Crippen LogP contribution in [-0.4, -0.2) is 55.9 Å². The monoisotopic (exact) mass is 398 g/mol. The van der Waals surface area contributed by atoms with E-state index >= 15 is 0 Å². The maximum Gasteiger partial charge on any atom is 0.326 e. The number of hydrogen-bond donors (Lipinski definition) is 2. The fourth-order valence-electron chi connectivity index (χ4n) is 3.03. The lowest BCUT2D eigenvalue weighted by Crippen LogP contribution is -2.40. The Labute approximate surface area is 159 Å². The molecular formula is C18H26N2O6S. The number of methoxy groups -OCH3 is 1. The van der Waals surface area contributed by atoms with Crippen molar-refractivity contribution in [1.29, 1.82) is 0 Å². The number of nitrogens with zero attached hydrogens (tertiary/aromatic N) is 1. The van der Waals surface area contributed by atoms with Gasteiger partial charge in [0, 0.05) is 13.1 Å². The minimum atomic E-state index is -3.74. The zero-order valence-corrected chi connectivity index (χ0v) is 16.4. The smallest absolute Gasteiger partial charge is 0.326 e. The molecule has 150 valence electrons. The molecule has 1 heterocycles. The summed E-state index contributed by atoms with van der Waals surface area (Å²) in [7, 11) is -2.37. The third kappa shape index (κ3) is 4.98. The predicted octanol–water partition coefficient (Wildman–Crippen LogP) is 1.85. The summed E-state index contributed by atoms with van der Waals surface area (Å²) in [4.78, 5) is 23.7. The fraction of sp³-hybridized carbons (Fsp3) is 0.556. The average Bonchev–Trinajstić information content (AvgIpc) is 2.95. The van der Waals surface area contributed by atoms with Crippen molar-refractivity contribution in [3.8, 4) is 5.75 Å². The van der Waals surface area contributed by atoms with E-state index in [4.69, 9.17) is 9.84 Å². The van der Waals surface area contributed by atoms with Gasteiger partial charge >= 0.3 is 5.97 Å². The van der Waals surface area contributed by atoms with Gasteiger partial charge in [-0.3, -0.25) is 4.79 Å². The molecule has 0 spiro atoms. The number of ether oxygens (including phenoxy) is 1. The first-order valence-electron chi connectivity index (χ1n) is 9.03. The van der Waals surface area contributed by atoms with Crippen molar-refractivity contribution in [1.82, 2.24) is 9.62 Å². The van der Waals surface area contributed by atoms with E-state index in [9.17, 15) is 18.0 Å². The van der Waals surface area contributed by atoms with Crippen LogP contribution < -0.4 is 10.1 Å². The summed E-state index contributed by atoms with van der Waals surface area (Å²) in [5.74, 6) is -1.66. The molecule has 1 atom stereocenters. The zero-order chi connectivity index (χ0) is 20.0. The Morgan fingerprint density at radius 1 is 1.22 bits per heavy atom. The number of carboxylic acids is 1. The maximum atomic E-state index is 13.0. The quantitative estimate of drug-likeness (QED) is 0.725. The van der Waals surface area contributed by atoms with E-state index in [2.05, 4.69) is 5.32 Å². The van der Waals surface area contributed by atoms with E-state index in [0.29, 0.717) is 13.1 Å². The first-order valence-corrected chi connectivity index (χ1v) is 10.5. The van der Waals surface area contributed by atoms with Crippen LogP contribution in [0.5, 0.6) is 5.75 Å². The van der Waals surface area contributed by atoms with Gasteiger partial charge in [-0.25, -0.2) is 13.2 Å². The highest BCUT2D eigenvalue weighted by atomic mass is 32.2. The number of carbonyl (C=O) groups excluding carboxylic acids is 1. The van der Waals surface area contributed by atoms with E-state index in [1.54, 1.807) is 6.92 Å². The normalized spacial score (nSPS) is 17.0. The van der Waals surface area contributed by atoms with Crippen molar-refractivity contribution in [2.24, 2.45) is 0 Å². The molecule has 1 aliphatic rings. The molecule has 0 aromatic heterocycles. The van der Waals surface area contributed by atoms with Gasteiger partial charge in [0.05, 0.1) is 17.6 Å². The van der Waals surface area contributed by atoms with Gasteiger partial charge in [0.1, 0.15) is 11.8 Å². The van der Waals surface area contributed by atoms with Crippen LogP contribution in [0.15, 0.2) is 23.1 Å². The van der Waals surface area contributed by atoms with Crippen molar-refractivity contribution < 1.29 is 27.9 Å². The molecule has 2 rings (SSSR count). The summed E-state index contributed by atoms with van der Waals surface area (Å²) < 4.78 is 32.5. The van der Waals surface area contributed by atoms with E-state index < -0.39 is 27.9 Å². The second kappa shape index (κ2) is 9.18. The van der Waals surface area contributed by atoms with Gasteiger partial charge in [0.25, 0.3) is 5.91 Å². The van der Waals surface area contributed by atoms with Gasteiger partial charge in [-0.05, 0) is 37.5 Å². The topological polar surface area (TPSA) is 113 Å². The number of carboxylic acid groups (broad SMARTS) is 1. The van der Waals surface area contributed by atoms with Crippen molar-refractivity contribution >= 4 is 21.9 Å². The number of benzene rings is 1. The number of nitrogens with one attached hydrogen (secondary N) is 1. The molecule has 9 heteroatoms. The van der Waals surface area contributed by atoms with Crippen molar-refractivity contribution in [2.45, 2.75) is 50.0 Å². The van der Waals surface area contributed by atoms with Crippen LogP contribution in [0.4, 0.5) is 0 Å². The van der Waals surface area contributed by atoms with Gasteiger partial charge < -0.3 is 15.2 Å². The Kier molecular flexibility index (Phi) is 7.20. The predicted molar refractivity (Wildman–Crippen MR) is 99.4 cm³/mol. The first kappa shape index (κ1) is 21.2. The highest BCUT2D eigenvalue weighted by Crippen LogP contribution is 2.26. The summed E-state index contributed by atoms with van der Waals surface area (Å²) in [6, 6.07) is 3.02. The Morgan fingerprint density at radius 3 is 2.37 bits per heavy atom. The highest BCUT2D eigenvalue weighted by Gasteiger charge is 2.28. The number of rotatable bonds is 7. The minimum absolute atomic E-state index is 0.00118. The van der Waals surface area contributed by atoms with E-state index in [0.717, 1.165) is 25.7 Å². The third-order valence-corrected chi connectivity index (χ3v) is 6.52. The van der Waals surface area contributed by atoms with Crippen LogP contribution in [0.25, 0.3) is 0 Å². The molecule has 1 saturated heterocycles. The summed E-state index contributed by atoms with van der Waals surface area (Å²) >= 11 is 0. The number of amides is 1. The summed E-state index contributed by atoms with van der Waals surface area (Å²) in [6.07, 6.45) is 3.81. The molecule has 1 fully saturated rings. The molecule has 0 aliphatic carbocycles. The second-order valence-corrected chi connectivity index (χ2v) is 8.39. The largest absolute Gasteiger partial charge is 0.496 e. The Bertz CT molecular complexity index is 785. The van der Waals surface area contributed by atoms with Crippen molar-refractivity contribution in [3.63, 3.8) is 0 Å². The lowest BCUT2D eigenvalue weighted by Gasteiger charge is -2.21. The molecule has 1 aromatic carbocycles. The van der Waals surface area contributed by atoms with Crippen molar-refractivity contribution in [3.05, 3.63) is 23.8 Å². The molecule has 2 N–H and O–H groups in total. The standard InChI is InChI=1S/C18H26N2O6S/c1-3-15(18(22)23)19-17(21)14-12-13(8-9-16(14)26-2)27(24,25)20-10-6-4-5-7-11-20/h8-9,12,15H,3-7,10-11H2,1-2H3,(H,19,21)(H,22,23). The highest BCUT2D eigenvalue weighted by molar-refractivity contribution is 7.89. The molecule has 0 saturated carbocycles. The van der Waals surface area contributed by atoms with Crippen LogP contribution in [-0.2, 0) is 14.8 Å². The third-order valence-electron chi connectivity index (χ3n) is 4.63. The van der Waals surface area contributed by atoms with Gasteiger partial charge in [-0.2, -0.15) is 4.31 Å². The lowest BCUT2D eigenvalue weighted by molar-refractivity contribution is -0.139. The number of sulfonamides is 1. The van der Waals surface area contributed by atoms with Crippen LogP contribution in [0, 0.1) is 0 Å². The molecule has 0 bridgehead atoms. The van der Waals surface area contributed by atoms with Crippen LogP contribution in [0.2, 0.25) is 0 Å². The van der Waals surface area contributed by atoms with Gasteiger partial charge in [-0.15, -0.1) is 0 Å². The maximum absolute atomic E-state index is 13.0. The van der Waals surface area contributed by atoms with Gasteiger partial charge in [0.15, 0.2) is 0 Å². The summed E-state index contributed by atoms with van der Waals surface area (Å²) in [5.41, 5.74) is -0.00639. The van der Waals surface area contributed by atoms with E-state index in [1.807, 2.05) is 0 Å². The molecule has 1 aromatic rings. The van der Waals surface area contributed by atoms with Gasteiger partial charge in [-0.1, -0.05) is 19.8 Å². The summed E-state index contributed by atoms with van der Waals surface area (Å²) in [6.45, 7) is 2.54. The number of hydrogen-bond acceptors (Lipinski definition) is 5. The van der Waals surface area contributed by atoms with Crippen LogP contribution in [0.1, 0.15) is 49.4 Å². The number of aliphatic carboxylic acids is 1. The van der Waals surface area contributed by atoms with Crippen LogP contribution >= 0.6 is 0 Å². The number of carbonyl (C=O) groups is 2. The first-order chi connectivity index (χ1) is 12.8. The molecular weight excluding hydrogens is 372 g/mol. The Morgan fingerprint density at radius 2 is 1.85 bits per heavy atom.